The van der Waals surface area contributed by atoms with Crippen molar-refractivity contribution in [2.24, 2.45) is 10.7 Å². The Morgan fingerprint density at radius 2 is 2.02 bits per heavy atom. The van der Waals surface area contributed by atoms with E-state index in [0.717, 1.165) is 30.4 Å². The van der Waals surface area contributed by atoms with Gasteiger partial charge in [0, 0.05) is 31.6 Å². The number of allylic oxidation sites excluding steroid dienone is 1. The lowest BCUT2D eigenvalue weighted by Gasteiger charge is -2.31. The van der Waals surface area contributed by atoms with Crippen LogP contribution in [-0.4, -0.2) is 71.4 Å². The smallest absolute Gasteiger partial charge is 0.229 e. The molecule has 1 unspecified atom stereocenters. The predicted octanol–water partition coefficient (Wildman–Crippen LogP) is 4.51. The first-order chi connectivity index (χ1) is 19.3. The summed E-state index contributed by atoms with van der Waals surface area (Å²) in [4.78, 5) is 12.9. The van der Waals surface area contributed by atoms with Gasteiger partial charge in [-0.25, -0.2) is 17.7 Å². The lowest BCUT2D eigenvalue weighted by molar-refractivity contribution is 0.312. The van der Waals surface area contributed by atoms with E-state index < -0.39 is 20.8 Å². The fourth-order valence-corrected chi connectivity index (χ4v) is 6.32. The summed E-state index contributed by atoms with van der Waals surface area (Å²) in [5.74, 6) is 1.41. The molecule has 2 aromatic rings. The zero-order valence-electron chi connectivity index (χ0n) is 24.4. The molecule has 3 rings (SSSR count). The van der Waals surface area contributed by atoms with Crippen LogP contribution in [0.5, 0.6) is 5.75 Å². The predicted molar refractivity (Wildman–Crippen MR) is 168 cm³/mol. The van der Waals surface area contributed by atoms with Crippen LogP contribution in [0, 0.1) is 6.92 Å². The molecule has 1 saturated heterocycles. The fourth-order valence-electron chi connectivity index (χ4n) is 4.48. The summed E-state index contributed by atoms with van der Waals surface area (Å²) in [7, 11) is -3.04. The number of nitrogens with one attached hydrogen (secondary N) is 2. The molecule has 14 heteroatoms. The third-order valence-corrected chi connectivity index (χ3v) is 9.69. The van der Waals surface area contributed by atoms with E-state index in [1.807, 2.05) is 39.8 Å². The fraction of sp³-hybridized carbons (Fsp3) is 0.519. The molecule has 4 N–H and O–H groups in total. The quantitative estimate of drug-likeness (QED) is 0.289. The van der Waals surface area contributed by atoms with Crippen molar-refractivity contribution >= 4 is 56.1 Å². The molecule has 0 radical (unpaired) electrons. The third-order valence-electron chi connectivity index (χ3n) is 6.60. The Morgan fingerprint density at radius 1 is 1.34 bits per heavy atom. The molecule has 11 nitrogen and oxygen atoms in total. The van der Waals surface area contributed by atoms with Crippen molar-refractivity contribution in [2.45, 2.75) is 58.1 Å². The molecule has 226 valence electrons. The molecule has 1 aromatic heterocycles. The molecular weight excluding hydrogens is 586 g/mol. The number of benzene rings is 1. The Labute approximate surface area is 250 Å². The van der Waals surface area contributed by atoms with Gasteiger partial charge < -0.3 is 21.1 Å². The highest BCUT2D eigenvalue weighted by Gasteiger charge is 2.27. The number of rotatable bonds is 12. The average molecular weight is 626 g/mol. The zero-order valence-corrected chi connectivity index (χ0v) is 26.8. The Hall–Kier alpha value is -2.74. The van der Waals surface area contributed by atoms with Crippen molar-refractivity contribution in [3.8, 4) is 5.75 Å². The number of aromatic nitrogens is 2. The largest absolute Gasteiger partial charge is 0.491 e. The minimum Gasteiger partial charge on any atom is -0.491 e. The topological polar surface area (TPSA) is 152 Å². The van der Waals surface area contributed by atoms with Crippen LogP contribution >= 0.6 is 11.6 Å². The highest BCUT2D eigenvalue weighted by atomic mass is 35.5. The first-order valence-electron chi connectivity index (χ1n) is 13.5. The van der Waals surface area contributed by atoms with Crippen molar-refractivity contribution in [3.05, 3.63) is 45.2 Å². The summed E-state index contributed by atoms with van der Waals surface area (Å²) in [5, 5.41) is 6.49. The van der Waals surface area contributed by atoms with Crippen LogP contribution in [0.1, 0.15) is 57.1 Å². The Bertz CT molecular complexity index is 1420. The van der Waals surface area contributed by atoms with E-state index in [1.165, 1.54) is 23.0 Å². The number of ether oxygens (including phenoxy) is 1. The molecule has 1 aliphatic rings. The maximum Gasteiger partial charge on any atom is 0.229 e. The minimum absolute atomic E-state index is 0.138. The van der Waals surface area contributed by atoms with Crippen LogP contribution in [0.2, 0.25) is 5.02 Å². The van der Waals surface area contributed by atoms with Gasteiger partial charge in [-0.3, -0.25) is 9.20 Å². The second-order valence-electron chi connectivity index (χ2n) is 10.1. The molecular formula is C27H40ClN7O4S2. The zero-order chi connectivity index (χ0) is 30.3. The number of aryl methyl sites for hydroxylation is 1. The summed E-state index contributed by atoms with van der Waals surface area (Å²) in [6.45, 7) is 9.21. The molecule has 1 aromatic carbocycles. The van der Waals surface area contributed by atoms with Gasteiger partial charge in [0.2, 0.25) is 16.0 Å². The van der Waals surface area contributed by atoms with Crippen molar-refractivity contribution in [1.82, 2.24) is 14.3 Å². The monoisotopic (exact) mass is 625 g/mol. The van der Waals surface area contributed by atoms with E-state index >= 15 is 0 Å². The standard InChI is InChI=1S/C27H40ClN7O4S2/c1-7-12-39-24-14-20(19-8-10-35(11-9-19)41(6,37)38)18(4)13-22(24)33-27-31-15-21(28)26(34-27)32-23(16-30-5)25(29)40(36)17(2)3/h13-17,19H,7-12,29H2,1-6H3,(H2,31,32,33,34). The van der Waals surface area contributed by atoms with Gasteiger partial charge in [0.1, 0.15) is 15.8 Å². The summed E-state index contributed by atoms with van der Waals surface area (Å²) < 4.78 is 44.2. The number of sulfonamides is 1. The van der Waals surface area contributed by atoms with Gasteiger partial charge in [0.05, 0.1) is 41.2 Å². The first-order valence-corrected chi connectivity index (χ1v) is 16.9. The Kier molecular flexibility index (Phi) is 11.5. The van der Waals surface area contributed by atoms with Crippen LogP contribution in [0.25, 0.3) is 0 Å². The van der Waals surface area contributed by atoms with E-state index in [2.05, 4.69) is 25.6 Å². The van der Waals surface area contributed by atoms with Crippen molar-refractivity contribution in [2.75, 3.05) is 43.6 Å². The van der Waals surface area contributed by atoms with Gasteiger partial charge in [-0.05, 0) is 55.4 Å². The van der Waals surface area contributed by atoms with Crippen LogP contribution in [0.15, 0.2) is 34.0 Å². The lowest BCUT2D eigenvalue weighted by atomic mass is 9.87. The second kappa shape index (κ2) is 14.4. The summed E-state index contributed by atoms with van der Waals surface area (Å²) >= 11 is 6.40. The number of piperidine rings is 1. The average Bonchev–Trinajstić information content (AvgIpc) is 2.92. The second-order valence-corrected chi connectivity index (χ2v) is 14.5. The van der Waals surface area contributed by atoms with E-state index in [0.29, 0.717) is 36.8 Å². The van der Waals surface area contributed by atoms with Crippen molar-refractivity contribution in [1.29, 1.82) is 0 Å². The minimum atomic E-state index is -3.20. The third kappa shape index (κ3) is 8.63. The maximum absolute atomic E-state index is 12.6. The molecule has 2 heterocycles. The van der Waals surface area contributed by atoms with E-state index in [1.54, 1.807) is 7.05 Å². The highest BCUT2D eigenvalue weighted by Crippen LogP contribution is 2.38. The van der Waals surface area contributed by atoms with Gasteiger partial charge in [-0.1, -0.05) is 32.4 Å². The van der Waals surface area contributed by atoms with E-state index in [4.69, 9.17) is 22.1 Å². The Morgan fingerprint density at radius 3 is 2.61 bits per heavy atom. The number of aliphatic imine (C=N–C) groups is 1. The number of nitrogens with zero attached hydrogens (tertiary/aromatic N) is 4. The number of halogens is 1. The first kappa shape index (κ1) is 32.8. The van der Waals surface area contributed by atoms with E-state index in [-0.39, 0.29) is 33.0 Å². The SMILES string of the molecule is CCCOc1cc(C2CCN(S(C)(=O)=O)CC2)c(C)cc1Nc1ncc(Cl)c(NC(C=NC)=C(N)S(=O)C(C)C)n1. The number of hydrogen-bond acceptors (Lipinski definition) is 10. The number of hydrogen-bond donors (Lipinski definition) is 3. The molecule has 0 aliphatic carbocycles. The molecule has 0 amide bonds. The Balaban J connectivity index is 1.91. The maximum atomic E-state index is 12.6. The molecule has 0 bridgehead atoms. The van der Waals surface area contributed by atoms with Crippen molar-refractivity contribution < 1.29 is 17.4 Å². The number of anilines is 3. The lowest BCUT2D eigenvalue weighted by Crippen LogP contribution is -2.37. The van der Waals surface area contributed by atoms with Crippen LogP contribution in [0.4, 0.5) is 17.5 Å². The van der Waals surface area contributed by atoms with E-state index in [9.17, 15) is 12.6 Å². The van der Waals surface area contributed by atoms with Gasteiger partial charge in [0.25, 0.3) is 0 Å². The molecule has 1 atom stereocenters. The van der Waals surface area contributed by atoms with Gasteiger partial charge in [-0.15, -0.1) is 0 Å². The van der Waals surface area contributed by atoms with Gasteiger partial charge >= 0.3 is 0 Å². The van der Waals surface area contributed by atoms with Gasteiger partial charge in [-0.2, -0.15) is 4.98 Å². The van der Waals surface area contributed by atoms with Gasteiger partial charge in [0.15, 0.2) is 5.82 Å². The van der Waals surface area contributed by atoms with Crippen LogP contribution < -0.4 is 21.1 Å². The summed E-state index contributed by atoms with van der Waals surface area (Å²) in [6, 6.07) is 4.02. The molecule has 0 spiro atoms. The molecule has 1 fully saturated rings. The summed E-state index contributed by atoms with van der Waals surface area (Å²) in [6.07, 6.45) is 6.49. The summed E-state index contributed by atoms with van der Waals surface area (Å²) in [5.41, 5.74) is 9.38. The van der Waals surface area contributed by atoms with Crippen molar-refractivity contribution in [3.63, 3.8) is 0 Å². The molecule has 1 aliphatic heterocycles. The molecule has 41 heavy (non-hydrogen) atoms. The number of nitrogens with two attached hydrogens (primary N) is 1. The molecule has 0 saturated carbocycles. The van der Waals surface area contributed by atoms with Crippen LogP contribution in [-0.2, 0) is 20.8 Å². The van der Waals surface area contributed by atoms with Crippen LogP contribution in [0.3, 0.4) is 0 Å². The highest BCUT2D eigenvalue weighted by molar-refractivity contribution is 7.89. The normalized spacial score (nSPS) is 16.6.